The third-order valence-corrected chi connectivity index (χ3v) is 4.21. The Hall–Kier alpha value is -1.26. The van der Waals surface area contributed by atoms with Gasteiger partial charge in [-0.25, -0.2) is 9.97 Å². The molecule has 0 atom stereocenters. The number of rotatable bonds is 5. The molecule has 1 aromatic carbocycles. The fourth-order valence-electron chi connectivity index (χ4n) is 1.75. The van der Waals surface area contributed by atoms with Crippen molar-refractivity contribution in [2.45, 2.75) is 30.2 Å². The average molecular weight is 294 g/mol. The van der Waals surface area contributed by atoms with E-state index in [1.54, 1.807) is 18.1 Å². The SMILES string of the molecule is CCNc1ncnc(Sc2ccccc2Cl)c1CC. The minimum atomic E-state index is 0.748. The van der Waals surface area contributed by atoms with E-state index in [1.165, 1.54) is 0 Å². The van der Waals surface area contributed by atoms with Crippen LogP contribution in [0.4, 0.5) is 5.82 Å². The van der Waals surface area contributed by atoms with E-state index in [0.717, 1.165) is 39.3 Å². The van der Waals surface area contributed by atoms with Crippen LogP contribution in [0.2, 0.25) is 5.02 Å². The van der Waals surface area contributed by atoms with Crippen LogP contribution in [0, 0.1) is 0 Å². The molecule has 0 spiro atoms. The Kier molecular flexibility index (Phi) is 5.05. The van der Waals surface area contributed by atoms with Crippen LogP contribution < -0.4 is 5.32 Å². The van der Waals surface area contributed by atoms with Gasteiger partial charge in [-0.2, -0.15) is 0 Å². The van der Waals surface area contributed by atoms with Crippen molar-refractivity contribution in [2.24, 2.45) is 0 Å². The summed E-state index contributed by atoms with van der Waals surface area (Å²) in [7, 11) is 0. The molecule has 1 heterocycles. The van der Waals surface area contributed by atoms with Crippen LogP contribution in [0.1, 0.15) is 19.4 Å². The van der Waals surface area contributed by atoms with Gasteiger partial charge in [-0.05, 0) is 25.5 Å². The van der Waals surface area contributed by atoms with Crippen molar-refractivity contribution in [1.29, 1.82) is 0 Å². The molecule has 0 aliphatic carbocycles. The molecule has 1 N–H and O–H groups in total. The first-order valence-corrected chi connectivity index (χ1v) is 7.45. The minimum absolute atomic E-state index is 0.748. The molecule has 0 aliphatic heterocycles. The lowest BCUT2D eigenvalue weighted by molar-refractivity contribution is 0.937. The molecule has 0 amide bonds. The van der Waals surface area contributed by atoms with Gasteiger partial charge in [0.2, 0.25) is 0 Å². The summed E-state index contributed by atoms with van der Waals surface area (Å²) in [5.41, 5.74) is 1.13. The highest BCUT2D eigenvalue weighted by Gasteiger charge is 2.11. The van der Waals surface area contributed by atoms with Gasteiger partial charge in [-0.1, -0.05) is 42.4 Å². The number of anilines is 1. The van der Waals surface area contributed by atoms with E-state index in [1.807, 2.05) is 24.3 Å². The summed E-state index contributed by atoms with van der Waals surface area (Å²) in [5.74, 6) is 0.912. The number of nitrogens with zero attached hydrogens (tertiary/aromatic N) is 2. The zero-order valence-corrected chi connectivity index (χ0v) is 12.6. The Labute approximate surface area is 122 Å². The standard InChI is InChI=1S/C14H16ClN3S/c1-3-10-13(16-4-2)17-9-18-14(10)19-12-8-6-5-7-11(12)15/h5-9H,3-4H2,1-2H3,(H,16,17,18). The third-order valence-electron chi connectivity index (χ3n) is 2.65. The van der Waals surface area contributed by atoms with Crippen LogP contribution in [0.5, 0.6) is 0 Å². The number of hydrogen-bond acceptors (Lipinski definition) is 4. The molecule has 5 heteroatoms. The quantitative estimate of drug-likeness (QED) is 0.835. The molecule has 2 aromatic rings. The number of aromatic nitrogens is 2. The Bertz CT molecular complexity index is 560. The highest BCUT2D eigenvalue weighted by molar-refractivity contribution is 7.99. The molecule has 2 rings (SSSR count). The highest BCUT2D eigenvalue weighted by Crippen LogP contribution is 2.35. The maximum Gasteiger partial charge on any atom is 0.133 e. The second kappa shape index (κ2) is 6.78. The minimum Gasteiger partial charge on any atom is -0.370 e. The number of benzene rings is 1. The predicted octanol–water partition coefficient (Wildman–Crippen LogP) is 4.28. The molecule has 100 valence electrons. The van der Waals surface area contributed by atoms with E-state index in [9.17, 15) is 0 Å². The van der Waals surface area contributed by atoms with Crippen LogP contribution in [-0.2, 0) is 6.42 Å². The number of hydrogen-bond donors (Lipinski definition) is 1. The van der Waals surface area contributed by atoms with Gasteiger partial charge in [0.25, 0.3) is 0 Å². The molecule has 0 saturated carbocycles. The van der Waals surface area contributed by atoms with Crippen molar-refractivity contribution in [3.8, 4) is 0 Å². The Morgan fingerprint density at radius 1 is 1.21 bits per heavy atom. The second-order valence-corrected chi connectivity index (χ2v) is 5.36. The molecule has 1 aromatic heterocycles. The van der Waals surface area contributed by atoms with E-state index < -0.39 is 0 Å². The Balaban J connectivity index is 2.35. The van der Waals surface area contributed by atoms with Gasteiger partial charge in [-0.3, -0.25) is 0 Å². The molecular formula is C14H16ClN3S. The fraction of sp³-hybridized carbons (Fsp3) is 0.286. The number of halogens is 1. The van der Waals surface area contributed by atoms with Crippen LogP contribution in [0.25, 0.3) is 0 Å². The van der Waals surface area contributed by atoms with E-state index in [2.05, 4.69) is 29.1 Å². The summed E-state index contributed by atoms with van der Waals surface area (Å²) in [4.78, 5) is 9.69. The van der Waals surface area contributed by atoms with E-state index in [0.29, 0.717) is 0 Å². The molecule has 19 heavy (non-hydrogen) atoms. The van der Waals surface area contributed by atoms with Gasteiger partial charge in [0.15, 0.2) is 0 Å². The number of nitrogens with one attached hydrogen (secondary N) is 1. The van der Waals surface area contributed by atoms with Crippen molar-refractivity contribution in [3.05, 3.63) is 41.2 Å². The van der Waals surface area contributed by atoms with Gasteiger partial charge in [0.1, 0.15) is 17.2 Å². The van der Waals surface area contributed by atoms with Gasteiger partial charge < -0.3 is 5.32 Å². The van der Waals surface area contributed by atoms with E-state index >= 15 is 0 Å². The van der Waals surface area contributed by atoms with Gasteiger partial charge in [0, 0.05) is 17.0 Å². The smallest absolute Gasteiger partial charge is 0.133 e. The van der Waals surface area contributed by atoms with Crippen LogP contribution in [0.15, 0.2) is 40.5 Å². The molecule has 0 fully saturated rings. The summed E-state index contributed by atoms with van der Waals surface area (Å²) in [6.07, 6.45) is 2.48. The maximum atomic E-state index is 6.19. The van der Waals surface area contributed by atoms with E-state index in [-0.39, 0.29) is 0 Å². The molecule has 0 saturated heterocycles. The van der Waals surface area contributed by atoms with Crippen LogP contribution in [-0.4, -0.2) is 16.5 Å². The summed E-state index contributed by atoms with van der Waals surface area (Å²) < 4.78 is 0. The molecule has 0 bridgehead atoms. The molecular weight excluding hydrogens is 278 g/mol. The highest BCUT2D eigenvalue weighted by atomic mass is 35.5. The van der Waals surface area contributed by atoms with Gasteiger partial charge in [0.05, 0.1) is 5.02 Å². The molecule has 0 unspecified atom stereocenters. The van der Waals surface area contributed by atoms with Gasteiger partial charge >= 0.3 is 0 Å². The lowest BCUT2D eigenvalue weighted by Crippen LogP contribution is -2.05. The lowest BCUT2D eigenvalue weighted by Gasteiger charge is -2.12. The fourth-order valence-corrected chi connectivity index (χ4v) is 2.99. The molecule has 0 radical (unpaired) electrons. The average Bonchev–Trinajstić information content (AvgIpc) is 2.42. The van der Waals surface area contributed by atoms with Crippen molar-refractivity contribution in [3.63, 3.8) is 0 Å². The zero-order chi connectivity index (χ0) is 13.7. The second-order valence-electron chi connectivity index (χ2n) is 3.92. The third kappa shape index (κ3) is 3.39. The summed E-state index contributed by atoms with van der Waals surface area (Å²) in [6.45, 7) is 5.01. The van der Waals surface area contributed by atoms with Crippen molar-refractivity contribution in [2.75, 3.05) is 11.9 Å². The topological polar surface area (TPSA) is 37.8 Å². The maximum absolute atomic E-state index is 6.19. The van der Waals surface area contributed by atoms with Crippen molar-refractivity contribution in [1.82, 2.24) is 9.97 Å². The van der Waals surface area contributed by atoms with Crippen LogP contribution in [0.3, 0.4) is 0 Å². The summed E-state index contributed by atoms with van der Waals surface area (Å²) >= 11 is 7.77. The van der Waals surface area contributed by atoms with Crippen molar-refractivity contribution < 1.29 is 0 Å². The first kappa shape index (κ1) is 14.2. The Morgan fingerprint density at radius 2 is 2.00 bits per heavy atom. The van der Waals surface area contributed by atoms with Crippen molar-refractivity contribution >= 4 is 29.2 Å². The monoisotopic (exact) mass is 293 g/mol. The first-order chi connectivity index (χ1) is 9.26. The summed E-state index contributed by atoms with van der Waals surface area (Å²) in [6, 6.07) is 7.80. The first-order valence-electron chi connectivity index (χ1n) is 6.26. The normalized spacial score (nSPS) is 10.5. The zero-order valence-electron chi connectivity index (χ0n) is 11.0. The largest absolute Gasteiger partial charge is 0.370 e. The molecule has 0 aliphatic rings. The Morgan fingerprint density at radius 3 is 2.68 bits per heavy atom. The summed E-state index contributed by atoms with van der Waals surface area (Å²) in [5, 5.41) is 4.98. The lowest BCUT2D eigenvalue weighted by atomic mass is 10.2. The van der Waals surface area contributed by atoms with E-state index in [4.69, 9.17) is 11.6 Å². The molecule has 3 nitrogen and oxygen atoms in total. The van der Waals surface area contributed by atoms with Crippen LogP contribution >= 0.6 is 23.4 Å². The van der Waals surface area contributed by atoms with Gasteiger partial charge in [-0.15, -0.1) is 0 Å². The predicted molar refractivity (Wildman–Crippen MR) is 81.1 cm³/mol.